The molecule has 0 aliphatic rings. The van der Waals surface area contributed by atoms with Crippen LogP contribution in [0.2, 0.25) is 6.04 Å². The van der Waals surface area contributed by atoms with Gasteiger partial charge in [0.2, 0.25) is 0 Å². The first-order valence-corrected chi connectivity index (χ1v) is 7.80. The third-order valence-corrected chi connectivity index (χ3v) is 4.15. The molecule has 15 heavy (non-hydrogen) atoms. The Morgan fingerprint density at radius 3 is 2.00 bits per heavy atom. The second-order valence-corrected chi connectivity index (χ2v) is 5.57. The molecular formula is C10H22O3SSi. The molecule has 0 saturated heterocycles. The minimum absolute atomic E-state index is 0.626. The summed E-state index contributed by atoms with van der Waals surface area (Å²) in [6.07, 6.45) is 2.03. The minimum Gasteiger partial charge on any atom is -0.487 e. The van der Waals surface area contributed by atoms with Crippen molar-refractivity contribution in [3.05, 3.63) is 0 Å². The van der Waals surface area contributed by atoms with E-state index in [2.05, 4.69) is 13.8 Å². The summed E-state index contributed by atoms with van der Waals surface area (Å²) < 4.78 is 16.6. The fourth-order valence-electron chi connectivity index (χ4n) is 1.02. The third kappa shape index (κ3) is 8.99. The van der Waals surface area contributed by atoms with Crippen LogP contribution in [0.5, 0.6) is 0 Å². The van der Waals surface area contributed by atoms with E-state index < -0.39 is 9.28 Å². The largest absolute Gasteiger partial charge is 0.487 e. The van der Waals surface area contributed by atoms with Crippen molar-refractivity contribution in [2.75, 3.05) is 19.8 Å². The maximum Gasteiger partial charge on any atom is 0.330 e. The maximum absolute atomic E-state index is 5.66. The molecule has 3 nitrogen and oxygen atoms in total. The van der Waals surface area contributed by atoms with Crippen molar-refractivity contribution in [3.63, 3.8) is 0 Å². The van der Waals surface area contributed by atoms with Crippen LogP contribution in [0, 0.1) is 0 Å². The molecule has 0 saturated carbocycles. The van der Waals surface area contributed by atoms with E-state index in [1.165, 1.54) is 0 Å². The molecule has 0 atom stereocenters. The van der Waals surface area contributed by atoms with Gasteiger partial charge in [-0.2, -0.15) is 0 Å². The van der Waals surface area contributed by atoms with Crippen molar-refractivity contribution >= 4 is 26.6 Å². The number of ether oxygens (including phenoxy) is 1. The summed E-state index contributed by atoms with van der Waals surface area (Å²) in [5, 5.41) is 0.626. The minimum atomic E-state index is -1.62. The third-order valence-electron chi connectivity index (χ3n) is 1.65. The first-order chi connectivity index (χ1) is 7.24. The zero-order chi connectivity index (χ0) is 11.5. The summed E-state index contributed by atoms with van der Waals surface area (Å²) in [6, 6.07) is 0.684. The smallest absolute Gasteiger partial charge is 0.330 e. The lowest BCUT2D eigenvalue weighted by atomic mass is 10.5. The molecule has 0 bridgehead atoms. The molecule has 0 unspecified atom stereocenters. The van der Waals surface area contributed by atoms with Gasteiger partial charge < -0.3 is 13.6 Å². The zero-order valence-electron chi connectivity index (χ0n) is 9.95. The summed E-state index contributed by atoms with van der Waals surface area (Å²) in [5.74, 6) is 0. The van der Waals surface area contributed by atoms with Crippen LogP contribution in [0.15, 0.2) is 0 Å². The van der Waals surface area contributed by atoms with Gasteiger partial charge in [-0.25, -0.2) is 0 Å². The first-order valence-electron chi connectivity index (χ1n) is 5.63. The lowest BCUT2D eigenvalue weighted by Gasteiger charge is -2.16. The Morgan fingerprint density at radius 1 is 1.07 bits per heavy atom. The van der Waals surface area contributed by atoms with Crippen LogP contribution < -0.4 is 0 Å². The van der Waals surface area contributed by atoms with E-state index in [4.69, 9.17) is 25.8 Å². The Kier molecular flexibility index (Phi) is 10.6. The summed E-state index contributed by atoms with van der Waals surface area (Å²) >= 11 is 5.08. The molecule has 0 aromatic rings. The average Bonchev–Trinajstić information content (AvgIpc) is 2.22. The van der Waals surface area contributed by atoms with E-state index in [9.17, 15) is 0 Å². The van der Waals surface area contributed by atoms with Gasteiger partial charge in [-0.1, -0.05) is 13.8 Å². The summed E-state index contributed by atoms with van der Waals surface area (Å²) in [4.78, 5) is 0. The predicted molar refractivity (Wildman–Crippen MR) is 68.7 cm³/mol. The highest BCUT2D eigenvalue weighted by Crippen LogP contribution is 2.03. The Morgan fingerprint density at radius 2 is 1.60 bits per heavy atom. The van der Waals surface area contributed by atoms with Crippen molar-refractivity contribution in [2.45, 2.75) is 39.7 Å². The van der Waals surface area contributed by atoms with Crippen LogP contribution in [-0.4, -0.2) is 34.2 Å². The van der Waals surface area contributed by atoms with Crippen molar-refractivity contribution in [1.29, 1.82) is 0 Å². The van der Waals surface area contributed by atoms with E-state index in [0.717, 1.165) is 26.1 Å². The second kappa shape index (κ2) is 10.5. The van der Waals surface area contributed by atoms with E-state index in [0.29, 0.717) is 17.7 Å². The fourth-order valence-corrected chi connectivity index (χ4v) is 3.27. The van der Waals surface area contributed by atoms with Gasteiger partial charge in [0.1, 0.15) is 0 Å². The van der Waals surface area contributed by atoms with Gasteiger partial charge in [-0.15, -0.1) is 0 Å². The van der Waals surface area contributed by atoms with Gasteiger partial charge >= 0.3 is 9.28 Å². The van der Waals surface area contributed by atoms with Gasteiger partial charge in [0, 0.05) is 13.2 Å². The van der Waals surface area contributed by atoms with Crippen molar-refractivity contribution in [2.24, 2.45) is 0 Å². The zero-order valence-corrected chi connectivity index (χ0v) is 11.9. The molecule has 0 amide bonds. The number of hydrogen-bond donors (Lipinski definition) is 0. The van der Waals surface area contributed by atoms with Gasteiger partial charge in [-0.05, 0) is 32.0 Å². The molecule has 0 N–H and O–H groups in total. The molecule has 0 radical (unpaired) electrons. The number of hydrogen-bond acceptors (Lipinski definition) is 4. The molecule has 0 aromatic carbocycles. The van der Waals surface area contributed by atoms with Crippen LogP contribution in [-0.2, 0) is 13.6 Å². The Labute approximate surface area is 99.9 Å². The molecule has 0 aliphatic heterocycles. The molecule has 0 heterocycles. The summed E-state index contributed by atoms with van der Waals surface area (Å²) in [7, 11) is -1.62. The van der Waals surface area contributed by atoms with Crippen LogP contribution in [0.4, 0.5) is 0 Å². The van der Waals surface area contributed by atoms with Gasteiger partial charge in [0.05, 0.1) is 12.7 Å². The van der Waals surface area contributed by atoms with Crippen LogP contribution in [0.1, 0.15) is 33.6 Å². The first kappa shape index (κ1) is 15.0. The normalized spacial score (nSPS) is 10.7. The van der Waals surface area contributed by atoms with Gasteiger partial charge in [0.15, 0.2) is 5.05 Å². The summed E-state index contributed by atoms with van der Waals surface area (Å²) in [6.45, 7) is 8.26. The molecule has 0 fully saturated rings. The van der Waals surface area contributed by atoms with Crippen LogP contribution in [0.25, 0.3) is 0 Å². The highest BCUT2D eigenvalue weighted by atomic mass is 32.1. The Bertz CT molecular complexity index is 159. The molecule has 5 heteroatoms. The highest BCUT2D eigenvalue weighted by molar-refractivity contribution is 7.80. The lowest BCUT2D eigenvalue weighted by Crippen LogP contribution is -2.27. The van der Waals surface area contributed by atoms with Gasteiger partial charge in [-0.3, -0.25) is 0 Å². The quantitative estimate of drug-likeness (QED) is 0.464. The summed E-state index contributed by atoms with van der Waals surface area (Å²) in [5.41, 5.74) is 0. The van der Waals surface area contributed by atoms with Crippen molar-refractivity contribution in [1.82, 2.24) is 0 Å². The highest BCUT2D eigenvalue weighted by Gasteiger charge is 2.16. The Hall–Kier alpha value is 0.0269. The van der Waals surface area contributed by atoms with Crippen molar-refractivity contribution < 1.29 is 13.6 Å². The molecule has 90 valence electrons. The number of rotatable bonds is 9. The fraction of sp³-hybridized carbons (Fsp3) is 0.900. The van der Waals surface area contributed by atoms with E-state index in [1.54, 1.807) is 0 Å². The van der Waals surface area contributed by atoms with Crippen LogP contribution in [0.3, 0.4) is 0 Å². The SMILES string of the molecule is CCCO[SiH](CC(=S)OCC)OCCC. The molecule has 0 rings (SSSR count). The molecular weight excluding hydrogens is 228 g/mol. The monoisotopic (exact) mass is 250 g/mol. The Balaban J connectivity index is 3.82. The number of thiocarbonyl (C=S) groups is 1. The molecule has 0 aromatic heterocycles. The van der Waals surface area contributed by atoms with E-state index in [-0.39, 0.29) is 0 Å². The van der Waals surface area contributed by atoms with E-state index in [1.807, 2.05) is 6.92 Å². The van der Waals surface area contributed by atoms with Crippen LogP contribution >= 0.6 is 12.2 Å². The average molecular weight is 250 g/mol. The van der Waals surface area contributed by atoms with Crippen molar-refractivity contribution in [3.8, 4) is 0 Å². The van der Waals surface area contributed by atoms with E-state index >= 15 is 0 Å². The van der Waals surface area contributed by atoms with Gasteiger partial charge in [0.25, 0.3) is 0 Å². The molecule has 0 aliphatic carbocycles. The topological polar surface area (TPSA) is 27.7 Å². The standard InChI is InChI=1S/C10H22O3SSi/c1-4-7-12-15(13-8-5-2)9-10(14)11-6-3/h15H,4-9H2,1-3H3. The predicted octanol–water partition coefficient (Wildman–Crippen LogP) is 2.42. The second-order valence-electron chi connectivity index (χ2n) is 3.18. The maximum atomic E-state index is 5.66. The molecule has 0 spiro atoms. The lowest BCUT2D eigenvalue weighted by molar-refractivity contribution is 0.197.